The molecule has 6 heteroatoms. The lowest BCUT2D eigenvalue weighted by molar-refractivity contribution is -0.128. The molecule has 1 aromatic heterocycles. The van der Waals surface area contributed by atoms with E-state index in [2.05, 4.69) is 0 Å². The van der Waals surface area contributed by atoms with Gasteiger partial charge < -0.3 is 14.9 Å². The Balaban J connectivity index is 1.77. The Morgan fingerprint density at radius 2 is 2.14 bits per heavy atom. The lowest BCUT2D eigenvalue weighted by Gasteiger charge is -2.32. The van der Waals surface area contributed by atoms with Crippen molar-refractivity contribution in [3.05, 3.63) is 36.1 Å². The third kappa shape index (κ3) is 2.81. The average Bonchev–Trinajstić information content (AvgIpc) is 2.91. The van der Waals surface area contributed by atoms with E-state index in [9.17, 15) is 9.59 Å². The number of hydrogen-bond acceptors (Lipinski definition) is 5. The molecule has 3 rings (SSSR count). The minimum Gasteiger partial charge on any atom is -0.453 e. The zero-order valence-corrected chi connectivity index (χ0v) is 11.5. The normalized spacial score (nSPS) is 19.7. The number of benzene rings is 1. The Labute approximate surface area is 121 Å². The summed E-state index contributed by atoms with van der Waals surface area (Å²) < 4.78 is 10.8. The molecule has 0 aliphatic carbocycles. The fourth-order valence-electron chi connectivity index (χ4n) is 2.47. The summed E-state index contributed by atoms with van der Waals surface area (Å²) in [7, 11) is 0. The highest BCUT2D eigenvalue weighted by molar-refractivity contribution is 5.99. The van der Waals surface area contributed by atoms with Crippen molar-refractivity contribution >= 4 is 22.7 Å². The predicted octanol–water partition coefficient (Wildman–Crippen LogP) is 0.802. The van der Waals surface area contributed by atoms with E-state index in [1.807, 2.05) is 24.3 Å². The topological polar surface area (TPSA) is 85.8 Å². The number of rotatable bonds is 4. The number of furan rings is 1. The van der Waals surface area contributed by atoms with Crippen LogP contribution in [0.15, 0.2) is 34.7 Å². The van der Waals surface area contributed by atoms with Crippen LogP contribution in [-0.2, 0) is 9.53 Å². The molecule has 0 spiro atoms. The summed E-state index contributed by atoms with van der Waals surface area (Å²) in [4.78, 5) is 25.4. The van der Waals surface area contributed by atoms with E-state index < -0.39 is 11.9 Å². The first kappa shape index (κ1) is 13.8. The lowest BCUT2D eigenvalue weighted by Crippen LogP contribution is -2.53. The summed E-state index contributed by atoms with van der Waals surface area (Å²) in [6, 6.07) is 8.59. The number of carbonyl (C=O) groups excluding carboxylic acids is 2. The summed E-state index contributed by atoms with van der Waals surface area (Å²) in [6.45, 7) is 1.30. The number of morpholine rings is 1. The molecule has 0 bridgehead atoms. The summed E-state index contributed by atoms with van der Waals surface area (Å²) in [5.41, 5.74) is 6.01. The molecule has 2 N–H and O–H groups in total. The maximum Gasteiger partial charge on any atom is 0.237 e. The molecule has 2 aromatic rings. The predicted molar refractivity (Wildman–Crippen MR) is 75.9 cm³/mol. The number of para-hydroxylation sites is 1. The SMILES string of the molecule is NC(=O)C1COCCN1CC(=O)c1cc2ccccc2o1. The second kappa shape index (κ2) is 5.67. The van der Waals surface area contributed by atoms with Gasteiger partial charge >= 0.3 is 0 Å². The summed E-state index contributed by atoms with van der Waals surface area (Å²) in [6.07, 6.45) is 0. The van der Waals surface area contributed by atoms with E-state index in [0.717, 1.165) is 5.39 Å². The maximum atomic E-state index is 12.3. The number of nitrogens with zero attached hydrogens (tertiary/aromatic N) is 1. The van der Waals surface area contributed by atoms with Gasteiger partial charge in [0.15, 0.2) is 5.76 Å². The summed E-state index contributed by atoms with van der Waals surface area (Å²) in [5, 5.41) is 0.884. The van der Waals surface area contributed by atoms with Crippen LogP contribution in [0.3, 0.4) is 0 Å². The van der Waals surface area contributed by atoms with Crippen LogP contribution in [0.1, 0.15) is 10.6 Å². The fraction of sp³-hybridized carbons (Fsp3) is 0.333. The van der Waals surface area contributed by atoms with Gasteiger partial charge in [-0.25, -0.2) is 0 Å². The number of carbonyl (C=O) groups is 2. The first-order valence-electron chi connectivity index (χ1n) is 6.78. The Morgan fingerprint density at radius 3 is 2.90 bits per heavy atom. The first-order chi connectivity index (χ1) is 10.1. The van der Waals surface area contributed by atoms with Crippen LogP contribution in [-0.4, -0.2) is 48.9 Å². The molecular formula is C15H16N2O4. The van der Waals surface area contributed by atoms with Crippen molar-refractivity contribution in [1.29, 1.82) is 0 Å². The quantitative estimate of drug-likeness (QED) is 0.841. The molecule has 1 aliphatic heterocycles. The minimum absolute atomic E-state index is 0.0940. The number of Topliss-reactive ketones (excluding diaryl/α,β-unsaturated/α-hetero) is 1. The van der Waals surface area contributed by atoms with E-state index in [0.29, 0.717) is 24.5 Å². The number of ether oxygens (including phenoxy) is 1. The Bertz CT molecular complexity index is 646. The molecule has 1 saturated heterocycles. The van der Waals surface area contributed by atoms with Crippen LogP contribution < -0.4 is 5.73 Å². The van der Waals surface area contributed by atoms with Gasteiger partial charge in [0.25, 0.3) is 0 Å². The van der Waals surface area contributed by atoms with Gasteiger partial charge in [-0.3, -0.25) is 14.5 Å². The summed E-state index contributed by atoms with van der Waals surface area (Å²) >= 11 is 0. The van der Waals surface area contributed by atoms with Crippen LogP contribution in [0.5, 0.6) is 0 Å². The average molecular weight is 288 g/mol. The Kier molecular flexibility index (Phi) is 3.72. The molecule has 1 atom stereocenters. The van der Waals surface area contributed by atoms with E-state index in [-0.39, 0.29) is 18.9 Å². The molecule has 1 unspecified atom stereocenters. The van der Waals surface area contributed by atoms with Gasteiger partial charge in [0, 0.05) is 11.9 Å². The molecule has 1 aromatic carbocycles. The third-order valence-electron chi connectivity index (χ3n) is 3.61. The molecule has 0 saturated carbocycles. The molecule has 110 valence electrons. The van der Waals surface area contributed by atoms with E-state index in [1.54, 1.807) is 11.0 Å². The van der Waals surface area contributed by atoms with Crippen molar-refractivity contribution in [2.45, 2.75) is 6.04 Å². The molecule has 1 fully saturated rings. The monoisotopic (exact) mass is 288 g/mol. The molecular weight excluding hydrogens is 272 g/mol. The molecule has 2 heterocycles. The highest BCUT2D eigenvalue weighted by atomic mass is 16.5. The van der Waals surface area contributed by atoms with Crippen LogP contribution in [0.2, 0.25) is 0 Å². The first-order valence-corrected chi connectivity index (χ1v) is 6.78. The zero-order valence-electron chi connectivity index (χ0n) is 11.5. The van der Waals surface area contributed by atoms with Gasteiger partial charge in [0.2, 0.25) is 11.7 Å². The van der Waals surface area contributed by atoms with E-state index >= 15 is 0 Å². The van der Waals surface area contributed by atoms with E-state index in [4.69, 9.17) is 14.9 Å². The number of nitrogens with two attached hydrogens (primary N) is 1. The second-order valence-corrected chi connectivity index (χ2v) is 5.04. The number of ketones is 1. The molecule has 0 radical (unpaired) electrons. The van der Waals surface area contributed by atoms with Crippen molar-refractivity contribution < 1.29 is 18.7 Å². The van der Waals surface area contributed by atoms with Crippen LogP contribution in [0.4, 0.5) is 0 Å². The Morgan fingerprint density at radius 1 is 1.33 bits per heavy atom. The number of amides is 1. The van der Waals surface area contributed by atoms with Crippen molar-refractivity contribution in [3.63, 3.8) is 0 Å². The van der Waals surface area contributed by atoms with Crippen LogP contribution in [0, 0.1) is 0 Å². The molecule has 21 heavy (non-hydrogen) atoms. The fourth-order valence-corrected chi connectivity index (χ4v) is 2.47. The lowest BCUT2D eigenvalue weighted by atomic mass is 10.1. The van der Waals surface area contributed by atoms with Gasteiger partial charge in [-0.05, 0) is 12.1 Å². The standard InChI is InChI=1S/C15H16N2O4/c16-15(19)11-9-20-6-5-17(11)8-12(18)14-7-10-3-1-2-4-13(10)21-14/h1-4,7,11H,5-6,8-9H2,(H2,16,19). The zero-order chi connectivity index (χ0) is 14.8. The van der Waals surface area contributed by atoms with Crippen molar-refractivity contribution in [2.24, 2.45) is 5.73 Å². The highest BCUT2D eigenvalue weighted by Crippen LogP contribution is 2.20. The molecule has 1 aliphatic rings. The minimum atomic E-state index is -0.563. The highest BCUT2D eigenvalue weighted by Gasteiger charge is 2.30. The third-order valence-corrected chi connectivity index (χ3v) is 3.61. The van der Waals surface area contributed by atoms with Crippen LogP contribution >= 0.6 is 0 Å². The van der Waals surface area contributed by atoms with Gasteiger partial charge in [-0.2, -0.15) is 0 Å². The van der Waals surface area contributed by atoms with Gasteiger partial charge in [0.05, 0.1) is 19.8 Å². The van der Waals surface area contributed by atoms with Gasteiger partial charge in [0.1, 0.15) is 11.6 Å². The van der Waals surface area contributed by atoms with Gasteiger partial charge in [-0.1, -0.05) is 18.2 Å². The number of fused-ring (bicyclic) bond motifs is 1. The van der Waals surface area contributed by atoms with Gasteiger partial charge in [-0.15, -0.1) is 0 Å². The number of hydrogen-bond donors (Lipinski definition) is 1. The van der Waals surface area contributed by atoms with Crippen molar-refractivity contribution in [3.8, 4) is 0 Å². The van der Waals surface area contributed by atoms with Crippen LogP contribution in [0.25, 0.3) is 11.0 Å². The smallest absolute Gasteiger partial charge is 0.237 e. The maximum absolute atomic E-state index is 12.3. The molecule has 1 amide bonds. The second-order valence-electron chi connectivity index (χ2n) is 5.04. The summed E-state index contributed by atoms with van der Waals surface area (Å²) in [5.74, 6) is -0.350. The largest absolute Gasteiger partial charge is 0.453 e. The van der Waals surface area contributed by atoms with E-state index in [1.165, 1.54) is 0 Å². The molecule has 6 nitrogen and oxygen atoms in total. The van der Waals surface area contributed by atoms with Crippen molar-refractivity contribution in [1.82, 2.24) is 4.90 Å². The van der Waals surface area contributed by atoms with Crippen molar-refractivity contribution in [2.75, 3.05) is 26.3 Å². The Hall–Kier alpha value is -2.18. The number of primary amides is 1.